The van der Waals surface area contributed by atoms with Crippen molar-refractivity contribution in [1.82, 2.24) is 9.80 Å². The maximum Gasteiger partial charge on any atom is 0.321 e. The third-order valence-electron chi connectivity index (χ3n) is 6.02. The summed E-state index contributed by atoms with van der Waals surface area (Å²) in [5.41, 5.74) is 3.78. The molecule has 0 aromatic heterocycles. The number of hydrogen-bond donors (Lipinski definition) is 1. The van der Waals surface area contributed by atoms with Gasteiger partial charge in [0, 0.05) is 44.1 Å². The third-order valence-corrected chi connectivity index (χ3v) is 6.02. The van der Waals surface area contributed by atoms with Crippen molar-refractivity contribution in [2.45, 2.75) is 26.8 Å². The van der Waals surface area contributed by atoms with Gasteiger partial charge in [0.2, 0.25) is 5.91 Å². The van der Waals surface area contributed by atoms with Crippen LogP contribution in [-0.2, 0) is 4.79 Å². The zero-order valence-electron chi connectivity index (χ0n) is 17.0. The van der Waals surface area contributed by atoms with Crippen molar-refractivity contribution < 1.29 is 14.0 Å². The minimum absolute atomic E-state index is 0.0140. The van der Waals surface area contributed by atoms with E-state index in [1.165, 1.54) is 12.1 Å². The van der Waals surface area contributed by atoms with Crippen molar-refractivity contribution in [2.24, 2.45) is 11.8 Å². The van der Waals surface area contributed by atoms with Gasteiger partial charge in [-0.2, -0.15) is 0 Å². The summed E-state index contributed by atoms with van der Waals surface area (Å²) in [6.45, 7) is 7.29. The summed E-state index contributed by atoms with van der Waals surface area (Å²) in [5.74, 6) is -0.0281. The Hall–Kier alpha value is -2.89. The van der Waals surface area contributed by atoms with E-state index in [0.717, 1.165) is 22.4 Å². The Morgan fingerprint density at radius 2 is 1.76 bits per heavy atom. The summed E-state index contributed by atoms with van der Waals surface area (Å²) in [5, 5.41) is 3.00. The summed E-state index contributed by atoms with van der Waals surface area (Å²) in [6.07, 6.45) is 0. The molecule has 29 heavy (non-hydrogen) atoms. The lowest BCUT2D eigenvalue weighted by molar-refractivity contribution is -0.130. The van der Waals surface area contributed by atoms with Gasteiger partial charge in [0.25, 0.3) is 0 Å². The zero-order chi connectivity index (χ0) is 20.7. The average molecular weight is 395 g/mol. The Morgan fingerprint density at radius 3 is 2.41 bits per heavy atom. The van der Waals surface area contributed by atoms with E-state index in [1.807, 2.05) is 41.8 Å². The fourth-order valence-electron chi connectivity index (χ4n) is 4.90. The van der Waals surface area contributed by atoms with Gasteiger partial charge in [-0.25, -0.2) is 9.18 Å². The van der Waals surface area contributed by atoms with Gasteiger partial charge in [-0.3, -0.25) is 4.79 Å². The highest BCUT2D eigenvalue weighted by molar-refractivity contribution is 5.89. The lowest BCUT2D eigenvalue weighted by atomic mass is 9.89. The molecular formula is C23H26FN3O2. The molecule has 3 amide bonds. The summed E-state index contributed by atoms with van der Waals surface area (Å²) < 4.78 is 13.8. The number of rotatable bonds is 2. The smallest absolute Gasteiger partial charge is 0.321 e. The molecule has 152 valence electrons. The van der Waals surface area contributed by atoms with E-state index in [-0.39, 0.29) is 35.6 Å². The molecule has 0 bridgehead atoms. The highest BCUT2D eigenvalue weighted by atomic mass is 19.1. The molecule has 0 saturated carbocycles. The van der Waals surface area contributed by atoms with Crippen LogP contribution in [0.25, 0.3) is 0 Å². The summed E-state index contributed by atoms with van der Waals surface area (Å²) in [4.78, 5) is 28.7. The number of nitrogens with zero attached hydrogens (tertiary/aromatic N) is 2. The highest BCUT2D eigenvalue weighted by Gasteiger charge is 2.49. The van der Waals surface area contributed by atoms with Crippen molar-refractivity contribution >= 4 is 17.6 Å². The number of carbonyl (C=O) groups excluding carboxylic acids is 2. The van der Waals surface area contributed by atoms with Crippen LogP contribution in [0.1, 0.15) is 29.7 Å². The first kappa shape index (κ1) is 19.4. The van der Waals surface area contributed by atoms with E-state index in [9.17, 15) is 14.0 Å². The van der Waals surface area contributed by atoms with Crippen LogP contribution in [0.15, 0.2) is 42.5 Å². The molecule has 0 spiro atoms. The monoisotopic (exact) mass is 395 g/mol. The Labute approximate surface area is 170 Å². The van der Waals surface area contributed by atoms with Gasteiger partial charge in [-0.05, 0) is 54.8 Å². The first-order chi connectivity index (χ1) is 13.8. The maximum absolute atomic E-state index is 13.8. The predicted octanol–water partition coefficient (Wildman–Crippen LogP) is 4.13. The van der Waals surface area contributed by atoms with Gasteiger partial charge in [-0.15, -0.1) is 0 Å². The molecule has 0 radical (unpaired) electrons. The minimum atomic E-state index is -0.308. The number of fused-ring (bicyclic) bond motifs is 1. The van der Waals surface area contributed by atoms with Crippen LogP contribution < -0.4 is 5.32 Å². The number of aryl methyl sites for hydroxylation is 2. The molecule has 2 aromatic rings. The molecule has 2 aliphatic rings. The molecule has 1 N–H and O–H groups in total. The first-order valence-electron chi connectivity index (χ1n) is 9.98. The quantitative estimate of drug-likeness (QED) is 0.831. The molecule has 2 aliphatic heterocycles. The Kier molecular flexibility index (Phi) is 5.03. The first-order valence-corrected chi connectivity index (χ1v) is 9.98. The molecule has 6 heteroatoms. The second-order valence-electron chi connectivity index (χ2n) is 8.31. The second kappa shape index (κ2) is 7.50. The van der Waals surface area contributed by atoms with Crippen molar-refractivity contribution in [3.8, 4) is 0 Å². The normalized spacial score (nSPS) is 23.2. The Balaban J connectivity index is 1.53. The molecule has 2 fully saturated rings. The molecule has 0 aliphatic carbocycles. The van der Waals surface area contributed by atoms with Crippen LogP contribution in [0.5, 0.6) is 0 Å². The van der Waals surface area contributed by atoms with Crippen LogP contribution in [0.4, 0.5) is 14.9 Å². The molecular weight excluding hydrogens is 369 g/mol. The second-order valence-corrected chi connectivity index (χ2v) is 8.31. The van der Waals surface area contributed by atoms with Crippen LogP contribution >= 0.6 is 0 Å². The zero-order valence-corrected chi connectivity index (χ0v) is 17.0. The van der Waals surface area contributed by atoms with E-state index < -0.39 is 0 Å². The Bertz CT molecular complexity index is 941. The Morgan fingerprint density at radius 1 is 1.03 bits per heavy atom. The third kappa shape index (κ3) is 3.84. The lowest BCUT2D eigenvalue weighted by Crippen LogP contribution is -2.38. The number of benzene rings is 2. The number of halogens is 1. The van der Waals surface area contributed by atoms with E-state index in [2.05, 4.69) is 11.4 Å². The van der Waals surface area contributed by atoms with Gasteiger partial charge in [0.15, 0.2) is 0 Å². The van der Waals surface area contributed by atoms with Crippen LogP contribution in [0, 0.1) is 31.5 Å². The SMILES string of the molecule is CC(=O)N1C[C@H]2CN(C(=O)Nc3cc(C)cc(C)c3)C[C@H]2[C@@H]1c1cccc(F)c1. The molecule has 4 rings (SSSR count). The standard InChI is InChI=1S/C23H26FN3O2/c1-14-7-15(2)9-20(8-14)25-23(29)26-11-18-12-27(16(3)28)22(21(18)13-26)17-5-4-6-19(24)10-17/h4-10,18,21-22H,11-13H2,1-3H3,(H,25,29)/t18-,21-,22+/m1/s1. The number of urea groups is 1. The topological polar surface area (TPSA) is 52.7 Å². The van der Waals surface area contributed by atoms with Crippen LogP contribution in [-0.4, -0.2) is 41.4 Å². The summed E-state index contributed by atoms with van der Waals surface area (Å²) in [7, 11) is 0. The molecule has 5 nitrogen and oxygen atoms in total. The molecule has 0 unspecified atom stereocenters. The number of carbonyl (C=O) groups is 2. The highest BCUT2D eigenvalue weighted by Crippen LogP contribution is 2.45. The minimum Gasteiger partial charge on any atom is -0.335 e. The summed E-state index contributed by atoms with van der Waals surface area (Å²) >= 11 is 0. The van der Waals surface area contributed by atoms with Crippen molar-refractivity contribution in [1.29, 1.82) is 0 Å². The number of likely N-dealkylation sites (tertiary alicyclic amines) is 2. The number of hydrogen-bond acceptors (Lipinski definition) is 2. The van der Waals surface area contributed by atoms with Crippen molar-refractivity contribution in [3.63, 3.8) is 0 Å². The predicted molar refractivity (Wildman–Crippen MR) is 110 cm³/mol. The molecule has 2 saturated heterocycles. The number of amides is 3. The van der Waals surface area contributed by atoms with Crippen LogP contribution in [0.2, 0.25) is 0 Å². The molecule has 3 atom stereocenters. The largest absolute Gasteiger partial charge is 0.335 e. The number of anilines is 1. The fraction of sp³-hybridized carbons (Fsp3) is 0.391. The fourth-order valence-corrected chi connectivity index (χ4v) is 4.90. The van der Waals surface area contributed by atoms with Crippen molar-refractivity contribution in [3.05, 3.63) is 65.0 Å². The van der Waals surface area contributed by atoms with Gasteiger partial charge in [0.05, 0.1) is 6.04 Å². The van der Waals surface area contributed by atoms with E-state index >= 15 is 0 Å². The lowest BCUT2D eigenvalue weighted by Gasteiger charge is -2.29. The van der Waals surface area contributed by atoms with Gasteiger partial charge in [0.1, 0.15) is 5.82 Å². The van der Waals surface area contributed by atoms with E-state index in [0.29, 0.717) is 19.6 Å². The van der Waals surface area contributed by atoms with Crippen molar-refractivity contribution in [2.75, 3.05) is 25.0 Å². The summed E-state index contributed by atoms with van der Waals surface area (Å²) in [6, 6.07) is 12.1. The van der Waals surface area contributed by atoms with E-state index in [1.54, 1.807) is 13.0 Å². The maximum atomic E-state index is 13.8. The number of nitrogens with one attached hydrogen (secondary N) is 1. The van der Waals surface area contributed by atoms with Gasteiger partial charge < -0.3 is 15.1 Å². The van der Waals surface area contributed by atoms with E-state index in [4.69, 9.17) is 0 Å². The van der Waals surface area contributed by atoms with Gasteiger partial charge >= 0.3 is 6.03 Å². The average Bonchev–Trinajstić information content (AvgIpc) is 3.18. The van der Waals surface area contributed by atoms with Gasteiger partial charge in [-0.1, -0.05) is 18.2 Å². The molecule has 2 heterocycles. The van der Waals surface area contributed by atoms with Crippen LogP contribution in [0.3, 0.4) is 0 Å². The molecule has 2 aromatic carbocycles.